The topological polar surface area (TPSA) is 55.4 Å². The zero-order chi connectivity index (χ0) is 14.3. The van der Waals surface area contributed by atoms with Crippen molar-refractivity contribution in [3.63, 3.8) is 0 Å². The summed E-state index contributed by atoms with van der Waals surface area (Å²) in [6.45, 7) is 6.31. The number of hydrogen-bond acceptors (Lipinski definition) is 3. The Bertz CT molecular complexity index is 441. The molecule has 0 spiro atoms. The zero-order valence-electron chi connectivity index (χ0n) is 11.7. The summed E-state index contributed by atoms with van der Waals surface area (Å²) in [6.07, 6.45) is 1.25. The Morgan fingerprint density at radius 3 is 2.68 bits per heavy atom. The second-order valence-corrected chi connectivity index (χ2v) is 4.86. The van der Waals surface area contributed by atoms with E-state index in [2.05, 4.69) is 5.32 Å². The van der Waals surface area contributed by atoms with E-state index in [0.717, 1.165) is 6.42 Å². The van der Waals surface area contributed by atoms with Gasteiger partial charge in [0.1, 0.15) is 0 Å². The van der Waals surface area contributed by atoms with Gasteiger partial charge in [-0.15, -0.1) is 0 Å². The fraction of sp³-hybridized carbons (Fsp3) is 0.467. The number of nitrogens with one attached hydrogen (secondary N) is 1. The van der Waals surface area contributed by atoms with Crippen molar-refractivity contribution < 1.29 is 14.3 Å². The summed E-state index contributed by atoms with van der Waals surface area (Å²) in [5, 5.41) is 2.78. The predicted molar refractivity (Wildman–Crippen MR) is 75.1 cm³/mol. The maximum absolute atomic E-state index is 11.7. The third kappa shape index (κ3) is 5.55. The van der Waals surface area contributed by atoms with Gasteiger partial charge in [0, 0.05) is 12.1 Å². The molecule has 0 fully saturated rings. The largest absolute Gasteiger partial charge is 0.462 e. The summed E-state index contributed by atoms with van der Waals surface area (Å²) in [5.41, 5.74) is 1.08. The van der Waals surface area contributed by atoms with Crippen molar-refractivity contribution in [2.45, 2.75) is 33.6 Å². The molecule has 0 heterocycles. The van der Waals surface area contributed by atoms with E-state index in [0.29, 0.717) is 30.2 Å². The molecule has 19 heavy (non-hydrogen) atoms. The van der Waals surface area contributed by atoms with E-state index in [1.165, 1.54) is 0 Å². The molecule has 0 aromatic heterocycles. The Kier molecular flexibility index (Phi) is 6.06. The molecule has 0 aliphatic carbocycles. The SMILES string of the molecule is CCCOC(=O)c1cccc(NC(=O)CC(C)C)c1. The van der Waals surface area contributed by atoms with E-state index in [9.17, 15) is 9.59 Å². The van der Waals surface area contributed by atoms with Crippen LogP contribution in [0.1, 0.15) is 44.0 Å². The highest BCUT2D eigenvalue weighted by molar-refractivity contribution is 5.94. The lowest BCUT2D eigenvalue weighted by Crippen LogP contribution is -2.14. The molecular weight excluding hydrogens is 242 g/mol. The van der Waals surface area contributed by atoms with Gasteiger partial charge in [0.25, 0.3) is 0 Å². The molecule has 1 amide bonds. The minimum atomic E-state index is -0.359. The van der Waals surface area contributed by atoms with Crippen molar-refractivity contribution in [1.29, 1.82) is 0 Å². The monoisotopic (exact) mass is 263 g/mol. The van der Waals surface area contributed by atoms with Crippen LogP contribution in [0.3, 0.4) is 0 Å². The number of hydrogen-bond donors (Lipinski definition) is 1. The van der Waals surface area contributed by atoms with Crippen LogP contribution in [0.25, 0.3) is 0 Å². The molecule has 0 atom stereocenters. The van der Waals surface area contributed by atoms with E-state index in [4.69, 9.17) is 4.74 Å². The van der Waals surface area contributed by atoms with Crippen LogP contribution in [-0.2, 0) is 9.53 Å². The van der Waals surface area contributed by atoms with Crippen molar-refractivity contribution in [3.8, 4) is 0 Å². The second kappa shape index (κ2) is 7.56. The van der Waals surface area contributed by atoms with Crippen molar-refractivity contribution in [3.05, 3.63) is 29.8 Å². The van der Waals surface area contributed by atoms with Gasteiger partial charge in [-0.1, -0.05) is 26.8 Å². The highest BCUT2D eigenvalue weighted by Gasteiger charge is 2.09. The third-order valence-corrected chi connectivity index (χ3v) is 2.41. The number of ether oxygens (including phenoxy) is 1. The molecule has 4 heteroatoms. The maximum Gasteiger partial charge on any atom is 0.338 e. The Labute approximate surface area is 114 Å². The summed E-state index contributed by atoms with van der Waals surface area (Å²) in [7, 11) is 0. The molecule has 1 rings (SSSR count). The first-order valence-corrected chi connectivity index (χ1v) is 6.60. The van der Waals surface area contributed by atoms with Gasteiger partial charge in [0.05, 0.1) is 12.2 Å². The molecule has 104 valence electrons. The molecule has 0 radical (unpaired) electrons. The standard InChI is InChI=1S/C15H21NO3/c1-4-8-19-15(18)12-6-5-7-13(10-12)16-14(17)9-11(2)3/h5-7,10-11H,4,8-9H2,1-3H3,(H,16,17). The molecule has 1 aromatic rings. The van der Waals surface area contributed by atoms with E-state index in [1.807, 2.05) is 20.8 Å². The normalized spacial score (nSPS) is 10.3. The quantitative estimate of drug-likeness (QED) is 0.802. The van der Waals surface area contributed by atoms with Crippen molar-refractivity contribution in [2.75, 3.05) is 11.9 Å². The van der Waals surface area contributed by atoms with Gasteiger partial charge in [-0.25, -0.2) is 4.79 Å². The number of rotatable bonds is 6. The summed E-state index contributed by atoms with van der Waals surface area (Å²) in [6, 6.07) is 6.80. The van der Waals surface area contributed by atoms with E-state index in [1.54, 1.807) is 24.3 Å². The van der Waals surface area contributed by atoms with Crippen molar-refractivity contribution in [2.24, 2.45) is 5.92 Å². The average molecular weight is 263 g/mol. The average Bonchev–Trinajstić information content (AvgIpc) is 2.35. The minimum absolute atomic E-state index is 0.0472. The number of carbonyl (C=O) groups excluding carboxylic acids is 2. The molecule has 0 bridgehead atoms. The smallest absolute Gasteiger partial charge is 0.338 e. The first kappa shape index (κ1) is 15.2. The fourth-order valence-corrected chi connectivity index (χ4v) is 1.58. The molecule has 1 N–H and O–H groups in total. The van der Waals surface area contributed by atoms with Crippen LogP contribution in [0.5, 0.6) is 0 Å². The first-order valence-electron chi connectivity index (χ1n) is 6.60. The summed E-state index contributed by atoms with van der Waals surface area (Å²) < 4.78 is 5.05. The van der Waals surface area contributed by atoms with Gasteiger partial charge in [0.15, 0.2) is 0 Å². The van der Waals surface area contributed by atoms with Gasteiger partial charge in [-0.2, -0.15) is 0 Å². The molecule has 1 aromatic carbocycles. The molecule has 0 aliphatic heterocycles. The molecular formula is C15H21NO3. The fourth-order valence-electron chi connectivity index (χ4n) is 1.58. The van der Waals surface area contributed by atoms with Gasteiger partial charge in [-0.05, 0) is 30.5 Å². The van der Waals surface area contributed by atoms with Crippen molar-refractivity contribution in [1.82, 2.24) is 0 Å². The number of benzene rings is 1. The Balaban J connectivity index is 2.66. The summed E-state index contributed by atoms with van der Waals surface area (Å²) in [5.74, 6) is -0.103. The van der Waals surface area contributed by atoms with Crippen LogP contribution in [0.15, 0.2) is 24.3 Å². The maximum atomic E-state index is 11.7. The van der Waals surface area contributed by atoms with Crippen LogP contribution in [0.2, 0.25) is 0 Å². The minimum Gasteiger partial charge on any atom is -0.462 e. The van der Waals surface area contributed by atoms with Gasteiger partial charge < -0.3 is 10.1 Å². The van der Waals surface area contributed by atoms with E-state index in [-0.39, 0.29) is 11.9 Å². The Hall–Kier alpha value is -1.84. The van der Waals surface area contributed by atoms with E-state index >= 15 is 0 Å². The Morgan fingerprint density at radius 1 is 1.32 bits per heavy atom. The van der Waals surface area contributed by atoms with Gasteiger partial charge >= 0.3 is 5.97 Å². The second-order valence-electron chi connectivity index (χ2n) is 4.86. The summed E-state index contributed by atoms with van der Waals surface area (Å²) >= 11 is 0. The van der Waals surface area contributed by atoms with Crippen molar-refractivity contribution >= 4 is 17.6 Å². The number of anilines is 1. The van der Waals surface area contributed by atoms with Crippen LogP contribution in [0, 0.1) is 5.92 Å². The summed E-state index contributed by atoms with van der Waals surface area (Å²) in [4.78, 5) is 23.3. The highest BCUT2D eigenvalue weighted by atomic mass is 16.5. The molecule has 0 aliphatic rings. The first-order chi connectivity index (χ1) is 9.02. The lowest BCUT2D eigenvalue weighted by Gasteiger charge is -2.08. The van der Waals surface area contributed by atoms with Crippen LogP contribution in [-0.4, -0.2) is 18.5 Å². The molecule has 0 unspecified atom stereocenters. The number of carbonyl (C=O) groups is 2. The molecule has 0 saturated carbocycles. The lowest BCUT2D eigenvalue weighted by molar-refractivity contribution is -0.116. The Morgan fingerprint density at radius 2 is 2.05 bits per heavy atom. The van der Waals surface area contributed by atoms with Crippen LogP contribution >= 0.6 is 0 Å². The lowest BCUT2D eigenvalue weighted by atomic mass is 10.1. The molecule has 0 saturated heterocycles. The van der Waals surface area contributed by atoms with Crippen LogP contribution < -0.4 is 5.32 Å². The predicted octanol–water partition coefficient (Wildman–Crippen LogP) is 3.24. The van der Waals surface area contributed by atoms with Gasteiger partial charge in [-0.3, -0.25) is 4.79 Å². The number of amides is 1. The highest BCUT2D eigenvalue weighted by Crippen LogP contribution is 2.13. The van der Waals surface area contributed by atoms with Gasteiger partial charge in [0.2, 0.25) is 5.91 Å². The number of esters is 1. The van der Waals surface area contributed by atoms with E-state index < -0.39 is 0 Å². The zero-order valence-corrected chi connectivity index (χ0v) is 11.7. The van der Waals surface area contributed by atoms with Crippen LogP contribution in [0.4, 0.5) is 5.69 Å². The molecule has 4 nitrogen and oxygen atoms in total. The third-order valence-electron chi connectivity index (χ3n) is 2.41.